The van der Waals surface area contributed by atoms with E-state index in [2.05, 4.69) is 47.5 Å². The average molecular weight is 674 g/mol. The molecule has 0 radical (unpaired) electrons. The van der Waals surface area contributed by atoms with Gasteiger partial charge in [0.2, 0.25) is 0 Å². The number of nitrogens with one attached hydrogen (secondary N) is 2. The van der Waals surface area contributed by atoms with Gasteiger partial charge in [-0.3, -0.25) is 14.4 Å². The van der Waals surface area contributed by atoms with Crippen LogP contribution in [0.15, 0.2) is 63.5 Å². The van der Waals surface area contributed by atoms with Crippen molar-refractivity contribution >= 4 is 106 Å². The first kappa shape index (κ1) is 26.2. The zero-order valence-corrected chi connectivity index (χ0v) is 24.2. The van der Waals surface area contributed by atoms with Crippen LogP contribution in [0.4, 0.5) is 17.1 Å². The summed E-state index contributed by atoms with van der Waals surface area (Å²) in [5, 5.41) is 6.22. The van der Waals surface area contributed by atoms with E-state index in [0.717, 1.165) is 8.95 Å². The Bertz CT molecular complexity index is 1690. The average Bonchev–Trinajstić information content (AvgIpc) is 3.14. The summed E-state index contributed by atoms with van der Waals surface area (Å²) in [7, 11) is 1.72. The fraction of sp³-hybridized carbons (Fsp3) is 0.0385. The normalized spacial score (nSPS) is 12.1. The lowest BCUT2D eigenvalue weighted by Gasteiger charge is -2.21. The third-order valence-electron chi connectivity index (χ3n) is 5.98. The monoisotopic (exact) mass is 671 g/mol. The lowest BCUT2D eigenvalue weighted by molar-refractivity contribution is 0.0992. The smallest absolute Gasteiger partial charge is 0.267 e. The van der Waals surface area contributed by atoms with Crippen molar-refractivity contribution in [2.45, 2.75) is 0 Å². The molecule has 0 saturated carbocycles. The van der Waals surface area contributed by atoms with Crippen molar-refractivity contribution in [3.8, 4) is 0 Å². The molecule has 0 unspecified atom stereocenters. The van der Waals surface area contributed by atoms with Crippen LogP contribution >= 0.6 is 55.7 Å². The Morgan fingerprint density at radius 3 is 1.92 bits per heavy atom. The van der Waals surface area contributed by atoms with Gasteiger partial charge in [-0.2, -0.15) is 0 Å². The number of thiocarbonyl (C=S) groups is 1. The highest BCUT2D eigenvalue weighted by molar-refractivity contribution is 9.10. The maximum atomic E-state index is 13.2. The Labute approximate surface area is 243 Å². The molecule has 1 aromatic heterocycles. The number of hydrogen-bond donors (Lipinski definition) is 3. The molecule has 2 heterocycles. The van der Waals surface area contributed by atoms with E-state index < -0.39 is 17.7 Å². The topological polar surface area (TPSA) is 117 Å². The summed E-state index contributed by atoms with van der Waals surface area (Å²) < 4.78 is 1.63. The van der Waals surface area contributed by atoms with Gasteiger partial charge in [-0.05, 0) is 54.6 Å². The molecular weight excluding hydrogens is 658 g/mol. The second-order valence-electron chi connectivity index (χ2n) is 8.34. The van der Waals surface area contributed by atoms with E-state index in [0.29, 0.717) is 32.8 Å². The number of amides is 3. The summed E-state index contributed by atoms with van der Waals surface area (Å²) >= 11 is 19.2. The Kier molecular flexibility index (Phi) is 6.95. The molecule has 190 valence electrons. The van der Waals surface area contributed by atoms with Gasteiger partial charge in [0.1, 0.15) is 10.7 Å². The van der Waals surface area contributed by atoms with Gasteiger partial charge in [0.25, 0.3) is 17.7 Å². The second kappa shape index (κ2) is 10.1. The third kappa shape index (κ3) is 4.55. The van der Waals surface area contributed by atoms with Crippen molar-refractivity contribution in [1.29, 1.82) is 0 Å². The fourth-order valence-corrected chi connectivity index (χ4v) is 5.19. The van der Waals surface area contributed by atoms with Crippen molar-refractivity contribution in [3.63, 3.8) is 0 Å². The summed E-state index contributed by atoms with van der Waals surface area (Å²) in [4.78, 5) is 45.0. The molecule has 12 heteroatoms. The number of carbonyl (C=O) groups excluding carboxylic acids is 3. The molecule has 8 nitrogen and oxygen atoms in total. The largest absolute Gasteiger partial charge is 0.364 e. The molecule has 0 aliphatic carbocycles. The zero-order valence-electron chi connectivity index (χ0n) is 19.4. The first-order valence-corrected chi connectivity index (χ1v) is 13.4. The molecular formula is C26H16Br2ClN5O3S. The Hall–Kier alpha value is -3.38. The van der Waals surface area contributed by atoms with Crippen LogP contribution in [0.2, 0.25) is 5.02 Å². The summed E-state index contributed by atoms with van der Waals surface area (Å²) in [6.07, 6.45) is 0. The number of nitrogens with zero attached hydrogens (tertiary/aromatic N) is 2. The number of aromatic nitrogens is 1. The van der Waals surface area contributed by atoms with Gasteiger partial charge in [0.15, 0.2) is 0 Å². The number of benzene rings is 3. The number of carbonyl (C=O) groups is 3. The van der Waals surface area contributed by atoms with E-state index in [4.69, 9.17) is 29.6 Å². The molecule has 4 N–H and O–H groups in total. The van der Waals surface area contributed by atoms with Crippen LogP contribution < -0.4 is 21.3 Å². The summed E-state index contributed by atoms with van der Waals surface area (Å²) in [6.45, 7) is 0. The molecule has 0 bridgehead atoms. The fourth-order valence-electron chi connectivity index (χ4n) is 4.14. The zero-order chi connectivity index (χ0) is 27.3. The van der Waals surface area contributed by atoms with Crippen LogP contribution in [0.3, 0.4) is 0 Å². The minimum absolute atomic E-state index is 0.0139. The van der Waals surface area contributed by atoms with Gasteiger partial charge in [-0.25, -0.2) is 4.98 Å². The number of pyridine rings is 1. The predicted molar refractivity (Wildman–Crippen MR) is 160 cm³/mol. The highest BCUT2D eigenvalue weighted by Gasteiger charge is 2.34. The molecule has 5 rings (SSSR count). The Morgan fingerprint density at radius 2 is 1.42 bits per heavy atom. The van der Waals surface area contributed by atoms with Gasteiger partial charge < -0.3 is 21.3 Å². The minimum atomic E-state index is -0.768. The Balaban J connectivity index is 1.73. The van der Waals surface area contributed by atoms with Crippen molar-refractivity contribution in [3.05, 3.63) is 90.9 Å². The highest BCUT2D eigenvalue weighted by atomic mass is 79.9. The van der Waals surface area contributed by atoms with Crippen LogP contribution in [0.25, 0.3) is 10.9 Å². The maximum Gasteiger partial charge on any atom is 0.267 e. The second-order valence-corrected chi connectivity index (χ2v) is 10.9. The molecule has 0 saturated heterocycles. The number of rotatable bonds is 5. The van der Waals surface area contributed by atoms with Crippen molar-refractivity contribution < 1.29 is 14.4 Å². The molecule has 0 spiro atoms. The number of halogens is 3. The summed E-state index contributed by atoms with van der Waals surface area (Å²) in [5.41, 5.74) is 7.80. The van der Waals surface area contributed by atoms with E-state index >= 15 is 0 Å². The minimum Gasteiger partial charge on any atom is -0.364 e. The number of anilines is 3. The van der Waals surface area contributed by atoms with Gasteiger partial charge in [-0.1, -0.05) is 55.7 Å². The lowest BCUT2D eigenvalue weighted by atomic mass is 10.0. The third-order valence-corrected chi connectivity index (χ3v) is 7.91. The molecule has 0 atom stereocenters. The lowest BCUT2D eigenvalue weighted by Crippen LogP contribution is -2.22. The quantitative estimate of drug-likeness (QED) is 0.219. The number of hydrogen-bond acceptors (Lipinski definition) is 5. The molecule has 0 fully saturated rings. The van der Waals surface area contributed by atoms with Crippen LogP contribution in [-0.4, -0.2) is 34.7 Å². The van der Waals surface area contributed by atoms with E-state index in [1.165, 1.54) is 6.07 Å². The summed E-state index contributed by atoms with van der Waals surface area (Å²) in [6, 6.07) is 15.0. The Morgan fingerprint density at radius 1 is 0.921 bits per heavy atom. The molecule has 3 aromatic carbocycles. The van der Waals surface area contributed by atoms with Crippen molar-refractivity contribution in [2.75, 3.05) is 22.6 Å². The van der Waals surface area contributed by atoms with Gasteiger partial charge in [0.05, 0.1) is 27.6 Å². The molecule has 1 aliphatic rings. The molecule has 4 aromatic rings. The SMILES string of the molecule is CN1C(=S)c2cc(C(N)=O)nc3c(NC(=O)c4ccc(Br)cc4)c(Cl)c(NC(=O)c4ccc(Br)cc4)c1c23. The molecule has 1 aliphatic heterocycles. The van der Waals surface area contributed by atoms with Gasteiger partial charge in [0, 0.05) is 38.1 Å². The van der Waals surface area contributed by atoms with E-state index in [9.17, 15) is 14.4 Å². The van der Waals surface area contributed by atoms with E-state index in [1.807, 2.05) is 0 Å². The number of nitrogens with two attached hydrogens (primary N) is 1. The van der Waals surface area contributed by atoms with Crippen LogP contribution in [-0.2, 0) is 0 Å². The van der Waals surface area contributed by atoms with Crippen molar-refractivity contribution in [1.82, 2.24) is 4.98 Å². The molecule has 38 heavy (non-hydrogen) atoms. The standard InChI is InChI=1S/C26H16Br2ClN5O3S/c1-34-22-17-15(26(34)38)10-16(23(30)35)31-19(17)20(32-24(36)11-2-6-13(27)7-3-11)18(29)21(22)33-25(37)12-4-8-14(28)9-5-12/h2-10H,1H3,(H2,30,35)(H,32,36)(H,33,37). The van der Waals surface area contributed by atoms with Crippen LogP contribution in [0.5, 0.6) is 0 Å². The maximum absolute atomic E-state index is 13.2. The first-order valence-electron chi connectivity index (χ1n) is 11.0. The van der Waals surface area contributed by atoms with Crippen molar-refractivity contribution in [2.24, 2.45) is 5.73 Å². The highest BCUT2D eigenvalue weighted by Crippen LogP contribution is 2.50. The van der Waals surface area contributed by atoms with Gasteiger partial charge in [-0.15, -0.1) is 0 Å². The summed E-state index contributed by atoms with van der Waals surface area (Å²) in [5.74, 6) is -1.66. The predicted octanol–water partition coefficient (Wildman–Crippen LogP) is 6.14. The van der Waals surface area contributed by atoms with Crippen LogP contribution in [0.1, 0.15) is 36.8 Å². The van der Waals surface area contributed by atoms with E-state index in [-0.39, 0.29) is 27.6 Å². The van der Waals surface area contributed by atoms with Crippen LogP contribution in [0, 0.1) is 0 Å². The van der Waals surface area contributed by atoms with Gasteiger partial charge >= 0.3 is 0 Å². The number of primary amides is 1. The van der Waals surface area contributed by atoms with E-state index in [1.54, 1.807) is 60.5 Å². The molecule has 3 amide bonds. The first-order chi connectivity index (χ1) is 18.1.